The predicted octanol–water partition coefficient (Wildman–Crippen LogP) is 4.19. The van der Waals surface area contributed by atoms with Crippen molar-refractivity contribution in [1.29, 1.82) is 0 Å². The smallest absolute Gasteiger partial charge is 0.371 e. The van der Waals surface area contributed by atoms with Crippen LogP contribution in [0.4, 0.5) is 18.0 Å². The van der Waals surface area contributed by atoms with E-state index >= 15 is 0 Å². The van der Waals surface area contributed by atoms with E-state index in [0.717, 1.165) is 5.56 Å². The van der Waals surface area contributed by atoms with Gasteiger partial charge in [0.05, 0.1) is 19.1 Å². The molecule has 1 aromatic rings. The number of ether oxygens (including phenoxy) is 1. The third kappa shape index (κ3) is 4.03. The standard InChI is InChI=1S/C19H23F3N2O2/c1-23-15(13-26-12-14-6-3-2-4-7-14)8-5-11-24(18(23)25)17-10-9-16(17)19(20,21)22/h2-4,6-8,16-17H,5,9-13H2,1H3/t16?,17-/m0/s1. The summed E-state index contributed by atoms with van der Waals surface area (Å²) in [7, 11) is 1.60. The van der Waals surface area contributed by atoms with Crippen LogP contribution in [0, 0.1) is 5.92 Å². The highest BCUT2D eigenvalue weighted by Gasteiger charge is 2.53. The van der Waals surface area contributed by atoms with Crippen LogP contribution in [0.15, 0.2) is 42.1 Å². The fraction of sp³-hybridized carbons (Fsp3) is 0.526. The lowest BCUT2D eigenvalue weighted by atomic mass is 9.78. The zero-order valence-electron chi connectivity index (χ0n) is 14.7. The van der Waals surface area contributed by atoms with Crippen molar-refractivity contribution >= 4 is 6.03 Å². The number of halogens is 3. The summed E-state index contributed by atoms with van der Waals surface area (Å²) >= 11 is 0. The normalized spacial score (nSPS) is 24.2. The summed E-state index contributed by atoms with van der Waals surface area (Å²) in [4.78, 5) is 15.5. The van der Waals surface area contributed by atoms with Gasteiger partial charge in [0.25, 0.3) is 0 Å². The number of hydrogen-bond acceptors (Lipinski definition) is 2. The SMILES string of the molecule is CN1C(=O)N([C@H]2CCC2C(F)(F)F)CCC=C1COCc1ccccc1. The molecule has 2 atom stereocenters. The maximum absolute atomic E-state index is 13.1. The molecule has 0 spiro atoms. The van der Waals surface area contributed by atoms with E-state index in [2.05, 4.69) is 0 Å². The molecule has 0 saturated heterocycles. The Hall–Kier alpha value is -2.02. The fourth-order valence-corrected chi connectivity index (χ4v) is 3.47. The molecule has 3 rings (SSSR count). The first-order chi connectivity index (χ1) is 12.4. The van der Waals surface area contributed by atoms with Gasteiger partial charge in [-0.25, -0.2) is 4.79 Å². The highest BCUT2D eigenvalue weighted by molar-refractivity contribution is 5.77. The quantitative estimate of drug-likeness (QED) is 0.781. The summed E-state index contributed by atoms with van der Waals surface area (Å²) in [6.45, 7) is 0.976. The summed E-state index contributed by atoms with van der Waals surface area (Å²) in [5, 5.41) is 0. The van der Waals surface area contributed by atoms with Gasteiger partial charge in [0, 0.05) is 25.3 Å². The first-order valence-electron chi connectivity index (χ1n) is 8.79. The molecule has 1 unspecified atom stereocenters. The monoisotopic (exact) mass is 368 g/mol. The van der Waals surface area contributed by atoms with Gasteiger partial charge in [-0.1, -0.05) is 36.4 Å². The number of likely N-dealkylation sites (N-methyl/N-ethyl adjacent to an activating group) is 1. The largest absolute Gasteiger partial charge is 0.393 e. The van der Waals surface area contributed by atoms with Crippen LogP contribution in [-0.4, -0.2) is 48.2 Å². The van der Waals surface area contributed by atoms with Crippen LogP contribution < -0.4 is 0 Å². The topological polar surface area (TPSA) is 32.8 Å². The first-order valence-corrected chi connectivity index (χ1v) is 8.79. The molecule has 0 N–H and O–H groups in total. The van der Waals surface area contributed by atoms with Crippen molar-refractivity contribution in [3.63, 3.8) is 0 Å². The van der Waals surface area contributed by atoms with E-state index in [0.29, 0.717) is 31.7 Å². The molecule has 1 fully saturated rings. The zero-order chi connectivity index (χ0) is 18.7. The molecule has 1 aliphatic carbocycles. The number of amides is 2. The Balaban J connectivity index is 1.58. The lowest BCUT2D eigenvalue weighted by Gasteiger charge is -2.45. The third-order valence-electron chi connectivity index (χ3n) is 5.13. The van der Waals surface area contributed by atoms with Crippen molar-refractivity contribution in [2.24, 2.45) is 5.92 Å². The Kier molecular flexibility index (Phi) is 5.55. The van der Waals surface area contributed by atoms with Crippen molar-refractivity contribution < 1.29 is 22.7 Å². The Morgan fingerprint density at radius 3 is 2.50 bits per heavy atom. The van der Waals surface area contributed by atoms with Crippen LogP contribution in [0.5, 0.6) is 0 Å². The Morgan fingerprint density at radius 1 is 1.15 bits per heavy atom. The second kappa shape index (κ2) is 7.70. The molecule has 7 heteroatoms. The van der Waals surface area contributed by atoms with Gasteiger partial charge in [0.1, 0.15) is 0 Å². The molecule has 2 amide bonds. The summed E-state index contributed by atoms with van der Waals surface area (Å²) in [6, 6.07) is 8.55. The minimum atomic E-state index is -4.25. The van der Waals surface area contributed by atoms with E-state index < -0.39 is 18.1 Å². The van der Waals surface area contributed by atoms with Crippen molar-refractivity contribution in [3.05, 3.63) is 47.7 Å². The van der Waals surface area contributed by atoms with E-state index in [1.165, 1.54) is 9.80 Å². The summed E-state index contributed by atoms with van der Waals surface area (Å²) < 4.78 is 44.8. The van der Waals surface area contributed by atoms with E-state index in [-0.39, 0.29) is 19.1 Å². The number of nitrogens with zero attached hydrogens (tertiary/aromatic N) is 2. The maximum atomic E-state index is 13.1. The number of urea groups is 1. The van der Waals surface area contributed by atoms with Crippen LogP contribution in [-0.2, 0) is 11.3 Å². The van der Waals surface area contributed by atoms with Crippen molar-refractivity contribution in [3.8, 4) is 0 Å². The first kappa shape index (κ1) is 18.8. The zero-order valence-corrected chi connectivity index (χ0v) is 14.7. The van der Waals surface area contributed by atoms with Gasteiger partial charge in [-0.3, -0.25) is 4.90 Å². The number of hydrogen-bond donors (Lipinski definition) is 0. The molecule has 4 nitrogen and oxygen atoms in total. The van der Waals surface area contributed by atoms with Crippen LogP contribution in [0.3, 0.4) is 0 Å². The Bertz CT molecular complexity index is 660. The Morgan fingerprint density at radius 2 is 1.88 bits per heavy atom. The van der Waals surface area contributed by atoms with Gasteiger partial charge in [-0.15, -0.1) is 0 Å². The van der Waals surface area contributed by atoms with Crippen LogP contribution >= 0.6 is 0 Å². The van der Waals surface area contributed by atoms with Crippen LogP contribution in [0.25, 0.3) is 0 Å². The van der Waals surface area contributed by atoms with E-state index in [1.54, 1.807) is 7.05 Å². The number of benzene rings is 1. The lowest BCUT2D eigenvalue weighted by molar-refractivity contribution is -0.212. The maximum Gasteiger partial charge on any atom is 0.393 e. The predicted molar refractivity (Wildman–Crippen MR) is 91.2 cm³/mol. The van der Waals surface area contributed by atoms with Gasteiger partial charge < -0.3 is 9.64 Å². The van der Waals surface area contributed by atoms with Crippen LogP contribution in [0.2, 0.25) is 0 Å². The van der Waals surface area contributed by atoms with Crippen molar-refractivity contribution in [2.75, 3.05) is 20.2 Å². The fourth-order valence-electron chi connectivity index (χ4n) is 3.47. The highest BCUT2D eigenvalue weighted by atomic mass is 19.4. The second-order valence-electron chi connectivity index (χ2n) is 6.79. The molecule has 142 valence electrons. The molecule has 0 aromatic heterocycles. The minimum Gasteiger partial charge on any atom is -0.371 e. The highest BCUT2D eigenvalue weighted by Crippen LogP contribution is 2.44. The molecule has 2 aliphatic rings. The molecule has 1 saturated carbocycles. The molecule has 0 radical (unpaired) electrons. The van der Waals surface area contributed by atoms with E-state index in [4.69, 9.17) is 4.74 Å². The van der Waals surface area contributed by atoms with E-state index in [1.807, 2.05) is 36.4 Å². The van der Waals surface area contributed by atoms with E-state index in [9.17, 15) is 18.0 Å². The molecule has 26 heavy (non-hydrogen) atoms. The molecular weight excluding hydrogens is 345 g/mol. The Labute approximate surface area is 151 Å². The van der Waals surface area contributed by atoms with Crippen molar-refractivity contribution in [2.45, 2.75) is 38.1 Å². The molecular formula is C19H23F3N2O2. The summed E-state index contributed by atoms with van der Waals surface area (Å²) in [6.07, 6.45) is -1.33. The summed E-state index contributed by atoms with van der Waals surface area (Å²) in [5.74, 6) is -1.41. The van der Waals surface area contributed by atoms with Gasteiger partial charge in [-0.2, -0.15) is 13.2 Å². The van der Waals surface area contributed by atoms with Gasteiger partial charge in [-0.05, 0) is 24.8 Å². The van der Waals surface area contributed by atoms with Gasteiger partial charge in [0.15, 0.2) is 0 Å². The molecule has 1 aromatic carbocycles. The number of alkyl halides is 3. The van der Waals surface area contributed by atoms with Crippen LogP contribution in [0.1, 0.15) is 24.8 Å². The average Bonchev–Trinajstić information content (AvgIpc) is 2.68. The lowest BCUT2D eigenvalue weighted by Crippen LogP contribution is -2.56. The minimum absolute atomic E-state index is 0.0993. The van der Waals surface area contributed by atoms with Gasteiger partial charge >= 0.3 is 12.2 Å². The van der Waals surface area contributed by atoms with Gasteiger partial charge in [0.2, 0.25) is 0 Å². The molecule has 1 aliphatic heterocycles. The number of carbonyl (C=O) groups excluding carboxylic acids is 1. The van der Waals surface area contributed by atoms with Crippen molar-refractivity contribution in [1.82, 2.24) is 9.80 Å². The third-order valence-corrected chi connectivity index (χ3v) is 5.13. The number of carbonyl (C=O) groups is 1. The number of rotatable bonds is 5. The molecule has 0 bridgehead atoms. The summed E-state index contributed by atoms with van der Waals surface area (Å²) in [5.41, 5.74) is 1.72. The second-order valence-corrected chi connectivity index (χ2v) is 6.79. The average molecular weight is 368 g/mol. The molecule has 1 heterocycles.